The summed E-state index contributed by atoms with van der Waals surface area (Å²) in [6.07, 6.45) is 1.49. The summed E-state index contributed by atoms with van der Waals surface area (Å²) >= 11 is 0. The highest BCUT2D eigenvalue weighted by Crippen LogP contribution is 2.22. The molecule has 2 heterocycles. The number of hydrogen-bond donors (Lipinski definition) is 1. The van der Waals surface area contributed by atoms with E-state index in [1.807, 2.05) is 19.2 Å². The largest absolute Gasteiger partial charge is 0.399 e. The van der Waals surface area contributed by atoms with Crippen LogP contribution in [-0.2, 0) is 13.6 Å². The van der Waals surface area contributed by atoms with Gasteiger partial charge in [-0.15, -0.1) is 0 Å². The minimum absolute atomic E-state index is 0.0160. The molecule has 0 bridgehead atoms. The summed E-state index contributed by atoms with van der Waals surface area (Å²) in [7, 11) is 1.82. The van der Waals surface area contributed by atoms with Crippen molar-refractivity contribution >= 4 is 17.4 Å². The van der Waals surface area contributed by atoms with Crippen molar-refractivity contribution in [1.82, 2.24) is 19.7 Å². The molecule has 2 N–H and O–H groups in total. The van der Waals surface area contributed by atoms with Crippen LogP contribution in [0.15, 0.2) is 30.6 Å². The first-order valence-electron chi connectivity index (χ1n) is 6.40. The van der Waals surface area contributed by atoms with Gasteiger partial charge in [-0.3, -0.25) is 9.58 Å². The van der Waals surface area contributed by atoms with E-state index in [0.29, 0.717) is 25.3 Å². The van der Waals surface area contributed by atoms with Crippen LogP contribution in [0.4, 0.5) is 16.2 Å². The monoisotopic (exact) mass is 272 g/mol. The molecule has 0 saturated carbocycles. The molecular formula is C13H16N6O. The van der Waals surface area contributed by atoms with Crippen molar-refractivity contribution in [2.75, 3.05) is 23.7 Å². The third kappa shape index (κ3) is 2.18. The van der Waals surface area contributed by atoms with E-state index in [1.54, 1.807) is 26.6 Å². The number of aromatic nitrogens is 3. The quantitative estimate of drug-likeness (QED) is 0.840. The summed E-state index contributed by atoms with van der Waals surface area (Å²) in [4.78, 5) is 20.0. The fourth-order valence-corrected chi connectivity index (χ4v) is 2.26. The molecule has 2 aromatic rings. The average Bonchev–Trinajstić information content (AvgIpc) is 3.00. The van der Waals surface area contributed by atoms with Gasteiger partial charge in [-0.05, 0) is 24.3 Å². The Hall–Kier alpha value is -2.57. The first-order valence-corrected chi connectivity index (χ1v) is 6.40. The number of carbonyl (C=O) groups is 1. The summed E-state index contributed by atoms with van der Waals surface area (Å²) < 4.78 is 1.68. The second-order valence-corrected chi connectivity index (χ2v) is 4.75. The van der Waals surface area contributed by atoms with Crippen molar-refractivity contribution in [1.29, 1.82) is 0 Å². The number of rotatable bonds is 3. The predicted octanol–water partition coefficient (Wildman–Crippen LogP) is 0.840. The maximum atomic E-state index is 12.4. The maximum absolute atomic E-state index is 12.4. The van der Waals surface area contributed by atoms with E-state index in [-0.39, 0.29) is 6.03 Å². The second-order valence-electron chi connectivity index (χ2n) is 4.75. The summed E-state index contributed by atoms with van der Waals surface area (Å²) in [6, 6.07) is 7.30. The van der Waals surface area contributed by atoms with Crippen LogP contribution in [0.1, 0.15) is 5.82 Å². The molecule has 0 atom stereocenters. The van der Waals surface area contributed by atoms with Gasteiger partial charge in [-0.25, -0.2) is 9.78 Å². The lowest BCUT2D eigenvalue weighted by atomic mass is 10.2. The van der Waals surface area contributed by atoms with Crippen molar-refractivity contribution in [3.63, 3.8) is 0 Å². The topological polar surface area (TPSA) is 80.3 Å². The predicted molar refractivity (Wildman–Crippen MR) is 75.0 cm³/mol. The number of amides is 2. The average molecular weight is 272 g/mol. The zero-order valence-electron chi connectivity index (χ0n) is 11.2. The third-order valence-electron chi connectivity index (χ3n) is 3.44. The smallest absolute Gasteiger partial charge is 0.325 e. The van der Waals surface area contributed by atoms with Crippen LogP contribution in [0.5, 0.6) is 0 Å². The molecule has 0 unspecified atom stereocenters. The molecule has 1 aliphatic rings. The van der Waals surface area contributed by atoms with Gasteiger partial charge >= 0.3 is 6.03 Å². The molecule has 7 heteroatoms. The molecule has 0 aliphatic carbocycles. The Bertz CT molecular complexity index is 620. The molecule has 1 saturated heterocycles. The molecule has 0 radical (unpaired) electrons. The number of urea groups is 1. The Balaban J connectivity index is 1.74. The van der Waals surface area contributed by atoms with Gasteiger partial charge in [-0.2, -0.15) is 5.10 Å². The number of hydrogen-bond acceptors (Lipinski definition) is 4. The van der Waals surface area contributed by atoms with Crippen molar-refractivity contribution in [3.05, 3.63) is 36.4 Å². The van der Waals surface area contributed by atoms with Gasteiger partial charge in [0, 0.05) is 31.5 Å². The lowest BCUT2D eigenvalue weighted by Crippen LogP contribution is -2.32. The summed E-state index contributed by atoms with van der Waals surface area (Å²) in [6.45, 7) is 1.82. The van der Waals surface area contributed by atoms with Gasteiger partial charge in [0.15, 0.2) is 0 Å². The fourth-order valence-electron chi connectivity index (χ4n) is 2.26. The Morgan fingerprint density at radius 2 is 2.00 bits per heavy atom. The Kier molecular flexibility index (Phi) is 3.02. The highest BCUT2D eigenvalue weighted by molar-refractivity contribution is 5.94. The number of nitrogen functional groups attached to an aromatic ring is 1. The van der Waals surface area contributed by atoms with Crippen LogP contribution in [0.3, 0.4) is 0 Å². The van der Waals surface area contributed by atoms with Crippen LogP contribution in [-0.4, -0.2) is 38.8 Å². The normalized spacial score (nSPS) is 15.2. The summed E-state index contributed by atoms with van der Waals surface area (Å²) in [5.41, 5.74) is 7.22. The van der Waals surface area contributed by atoms with Crippen molar-refractivity contribution < 1.29 is 4.79 Å². The third-order valence-corrected chi connectivity index (χ3v) is 3.44. The lowest BCUT2D eigenvalue weighted by molar-refractivity contribution is 0.217. The van der Waals surface area contributed by atoms with Crippen LogP contribution >= 0.6 is 0 Å². The molecule has 7 nitrogen and oxygen atoms in total. The molecule has 104 valence electrons. The Labute approximate surface area is 116 Å². The molecule has 3 rings (SSSR count). The fraction of sp³-hybridized carbons (Fsp3) is 0.308. The van der Waals surface area contributed by atoms with E-state index in [0.717, 1.165) is 11.5 Å². The SMILES string of the molecule is Cn1ncnc1CN1CCN(c2ccc(N)cc2)C1=O. The van der Waals surface area contributed by atoms with Crippen LogP contribution in [0, 0.1) is 0 Å². The highest BCUT2D eigenvalue weighted by Gasteiger charge is 2.30. The molecule has 0 spiro atoms. The molecule has 1 aliphatic heterocycles. The van der Waals surface area contributed by atoms with E-state index in [4.69, 9.17) is 5.73 Å². The number of benzene rings is 1. The van der Waals surface area contributed by atoms with Crippen molar-refractivity contribution in [2.45, 2.75) is 6.54 Å². The minimum atomic E-state index is -0.0160. The zero-order valence-corrected chi connectivity index (χ0v) is 11.2. The summed E-state index contributed by atoms with van der Waals surface area (Å²) in [5.74, 6) is 0.775. The first kappa shape index (κ1) is 12.5. The van der Waals surface area contributed by atoms with Gasteiger partial charge in [0.2, 0.25) is 0 Å². The molecule has 1 fully saturated rings. The zero-order chi connectivity index (χ0) is 14.1. The van der Waals surface area contributed by atoms with Gasteiger partial charge in [-0.1, -0.05) is 0 Å². The molecule has 2 amide bonds. The number of nitrogens with two attached hydrogens (primary N) is 1. The lowest BCUT2D eigenvalue weighted by Gasteiger charge is -2.18. The van der Waals surface area contributed by atoms with E-state index >= 15 is 0 Å². The maximum Gasteiger partial charge on any atom is 0.325 e. The molecule has 20 heavy (non-hydrogen) atoms. The van der Waals surface area contributed by atoms with Crippen LogP contribution in [0.25, 0.3) is 0 Å². The summed E-state index contributed by atoms with van der Waals surface area (Å²) in [5, 5.41) is 4.01. The van der Waals surface area contributed by atoms with Crippen LogP contribution < -0.4 is 10.6 Å². The second kappa shape index (κ2) is 4.84. The molecule has 1 aromatic carbocycles. The van der Waals surface area contributed by atoms with Gasteiger partial charge in [0.25, 0.3) is 0 Å². The number of anilines is 2. The van der Waals surface area contributed by atoms with E-state index in [1.165, 1.54) is 6.33 Å². The van der Waals surface area contributed by atoms with Gasteiger partial charge in [0.1, 0.15) is 12.2 Å². The van der Waals surface area contributed by atoms with E-state index in [9.17, 15) is 4.79 Å². The number of aryl methyl sites for hydroxylation is 1. The van der Waals surface area contributed by atoms with Crippen molar-refractivity contribution in [2.24, 2.45) is 7.05 Å². The Morgan fingerprint density at radius 1 is 1.25 bits per heavy atom. The molecule has 1 aromatic heterocycles. The van der Waals surface area contributed by atoms with E-state index < -0.39 is 0 Å². The number of carbonyl (C=O) groups excluding carboxylic acids is 1. The van der Waals surface area contributed by atoms with Crippen molar-refractivity contribution in [3.8, 4) is 0 Å². The Morgan fingerprint density at radius 3 is 2.65 bits per heavy atom. The van der Waals surface area contributed by atoms with Crippen LogP contribution in [0.2, 0.25) is 0 Å². The standard InChI is InChI=1S/C13H16N6O/c1-17-12(15-9-16-17)8-18-6-7-19(13(18)20)11-4-2-10(14)3-5-11/h2-5,9H,6-8,14H2,1H3. The minimum Gasteiger partial charge on any atom is -0.399 e. The highest BCUT2D eigenvalue weighted by atomic mass is 16.2. The van der Waals surface area contributed by atoms with Gasteiger partial charge in [0.05, 0.1) is 6.54 Å². The van der Waals surface area contributed by atoms with Gasteiger partial charge < -0.3 is 10.6 Å². The number of nitrogens with zero attached hydrogens (tertiary/aromatic N) is 5. The first-order chi connectivity index (χ1) is 9.65. The molecular weight excluding hydrogens is 256 g/mol. The van der Waals surface area contributed by atoms with E-state index in [2.05, 4.69) is 10.1 Å².